The zero-order valence-corrected chi connectivity index (χ0v) is 7.76. The first kappa shape index (κ1) is 9.62. The molecule has 0 spiro atoms. The van der Waals surface area contributed by atoms with Crippen molar-refractivity contribution in [1.82, 2.24) is 0 Å². The van der Waals surface area contributed by atoms with E-state index in [4.69, 9.17) is 5.11 Å². The summed E-state index contributed by atoms with van der Waals surface area (Å²) in [5.41, 5.74) is 1.34. The lowest BCUT2D eigenvalue weighted by molar-refractivity contribution is 0.329. The minimum Gasteiger partial charge on any atom is -0.396 e. The Balaban J connectivity index is 2.16. The summed E-state index contributed by atoms with van der Waals surface area (Å²) in [6, 6.07) is 10.4. The van der Waals surface area contributed by atoms with Crippen LogP contribution in [0.4, 0.5) is 0 Å². The third kappa shape index (κ3) is 3.79. The summed E-state index contributed by atoms with van der Waals surface area (Å²) in [4.78, 5) is 0. The molecule has 0 fully saturated rings. The molecule has 0 aliphatic rings. The Morgan fingerprint density at radius 2 is 2.00 bits per heavy atom. The molecule has 0 bridgehead atoms. The molecule has 1 N–H and O–H groups in total. The van der Waals surface area contributed by atoms with Gasteiger partial charge in [-0.2, -0.15) is 11.8 Å². The molecule has 0 heterocycles. The van der Waals surface area contributed by atoms with Gasteiger partial charge in [0.25, 0.3) is 0 Å². The fourth-order valence-corrected chi connectivity index (χ4v) is 1.71. The monoisotopic (exact) mass is 181 g/mol. The van der Waals surface area contributed by atoms with E-state index in [0.29, 0.717) is 0 Å². The van der Waals surface area contributed by atoms with Crippen molar-refractivity contribution in [3.05, 3.63) is 42.3 Å². The number of hydrogen-bond donors (Lipinski definition) is 1. The molecule has 0 atom stereocenters. The maximum Gasteiger partial charge on any atom is 0.0470 e. The summed E-state index contributed by atoms with van der Waals surface area (Å²) in [5, 5.41) is 8.49. The van der Waals surface area contributed by atoms with Gasteiger partial charge in [-0.3, -0.25) is 0 Å². The van der Waals surface area contributed by atoms with Gasteiger partial charge in [-0.05, 0) is 17.7 Å². The van der Waals surface area contributed by atoms with Crippen LogP contribution in [0, 0.1) is 6.42 Å². The fourth-order valence-electron chi connectivity index (χ4n) is 0.887. The van der Waals surface area contributed by atoms with E-state index in [1.54, 1.807) is 0 Å². The molecular weight excluding hydrogens is 168 g/mol. The lowest BCUT2D eigenvalue weighted by Gasteiger charge is -1.99. The Morgan fingerprint density at radius 3 is 2.67 bits per heavy atom. The van der Waals surface area contributed by atoms with Crippen LogP contribution in [-0.2, 0) is 5.75 Å². The van der Waals surface area contributed by atoms with Gasteiger partial charge in [0.05, 0.1) is 0 Å². The van der Waals surface area contributed by atoms with Crippen LogP contribution in [0.3, 0.4) is 0 Å². The van der Waals surface area contributed by atoms with E-state index in [2.05, 4.69) is 12.1 Å². The van der Waals surface area contributed by atoms with Crippen molar-refractivity contribution >= 4 is 11.8 Å². The van der Waals surface area contributed by atoms with Crippen LogP contribution in [0.15, 0.2) is 30.3 Å². The third-order valence-corrected chi connectivity index (χ3v) is 2.49. The average molecular weight is 181 g/mol. The maximum atomic E-state index is 8.49. The summed E-state index contributed by atoms with van der Waals surface area (Å²) in [6.45, 7) is 0.182. The van der Waals surface area contributed by atoms with Gasteiger partial charge in [-0.25, -0.2) is 0 Å². The Morgan fingerprint density at radius 1 is 1.25 bits per heavy atom. The Hall–Kier alpha value is -0.470. The summed E-state index contributed by atoms with van der Waals surface area (Å²) >= 11 is 1.82. The van der Waals surface area contributed by atoms with Crippen LogP contribution >= 0.6 is 11.8 Å². The molecule has 65 valence electrons. The van der Waals surface area contributed by atoms with Crippen molar-refractivity contribution in [2.45, 2.75) is 5.75 Å². The van der Waals surface area contributed by atoms with Crippen molar-refractivity contribution in [2.75, 3.05) is 12.4 Å². The second-order valence-electron chi connectivity index (χ2n) is 2.47. The van der Waals surface area contributed by atoms with Gasteiger partial charge >= 0.3 is 0 Å². The van der Waals surface area contributed by atoms with Gasteiger partial charge in [-0.15, -0.1) is 0 Å². The van der Waals surface area contributed by atoms with E-state index in [9.17, 15) is 0 Å². The van der Waals surface area contributed by atoms with E-state index < -0.39 is 0 Å². The van der Waals surface area contributed by atoms with Gasteiger partial charge < -0.3 is 5.11 Å². The van der Waals surface area contributed by atoms with Crippen LogP contribution in [0.1, 0.15) is 5.56 Å². The molecule has 12 heavy (non-hydrogen) atoms. The van der Waals surface area contributed by atoms with Gasteiger partial charge in [-0.1, -0.05) is 30.3 Å². The second-order valence-corrected chi connectivity index (χ2v) is 3.50. The first-order valence-electron chi connectivity index (χ1n) is 3.97. The molecule has 1 radical (unpaired) electrons. The number of rotatable bonds is 5. The summed E-state index contributed by atoms with van der Waals surface area (Å²) in [6.07, 6.45) is 1.87. The van der Waals surface area contributed by atoms with E-state index in [0.717, 1.165) is 11.5 Å². The highest BCUT2D eigenvalue weighted by atomic mass is 32.2. The van der Waals surface area contributed by atoms with Crippen molar-refractivity contribution < 1.29 is 5.11 Å². The molecule has 0 saturated carbocycles. The van der Waals surface area contributed by atoms with Crippen molar-refractivity contribution in [1.29, 1.82) is 0 Å². The maximum absolute atomic E-state index is 8.49. The lowest BCUT2D eigenvalue weighted by atomic mass is 10.2. The molecule has 1 aromatic carbocycles. The minimum atomic E-state index is 0.182. The first-order valence-corrected chi connectivity index (χ1v) is 5.13. The fraction of sp³-hybridized carbons (Fsp3) is 0.300. The van der Waals surface area contributed by atoms with Crippen molar-refractivity contribution in [2.24, 2.45) is 0 Å². The standard InChI is InChI=1S/C10H13OS/c11-7-4-8-12-9-10-5-2-1-3-6-10/h1-6,11H,7-9H2. The van der Waals surface area contributed by atoms with Gasteiger partial charge in [0, 0.05) is 12.4 Å². The summed E-state index contributed by atoms with van der Waals surface area (Å²) in [7, 11) is 0. The Bertz CT molecular complexity index is 198. The Labute approximate surface area is 77.8 Å². The molecule has 0 aromatic heterocycles. The van der Waals surface area contributed by atoms with Crippen LogP contribution in [-0.4, -0.2) is 17.5 Å². The molecule has 0 amide bonds. The van der Waals surface area contributed by atoms with Crippen LogP contribution in [0.5, 0.6) is 0 Å². The predicted molar refractivity (Wildman–Crippen MR) is 54.0 cm³/mol. The van der Waals surface area contributed by atoms with Crippen LogP contribution < -0.4 is 0 Å². The highest BCUT2D eigenvalue weighted by Crippen LogP contribution is 2.11. The number of aliphatic hydroxyl groups excluding tert-OH is 1. The van der Waals surface area contributed by atoms with Gasteiger partial charge in [0.2, 0.25) is 0 Å². The number of benzene rings is 1. The SMILES string of the molecule is OC[CH]CSCc1ccccc1. The van der Waals surface area contributed by atoms with Crippen LogP contribution in [0.2, 0.25) is 0 Å². The third-order valence-electron chi connectivity index (χ3n) is 1.48. The first-order chi connectivity index (χ1) is 5.93. The molecule has 0 saturated heterocycles. The molecule has 0 aliphatic carbocycles. The number of thioether (sulfide) groups is 1. The molecule has 1 aromatic rings. The molecule has 2 heteroatoms. The summed E-state index contributed by atoms with van der Waals surface area (Å²) < 4.78 is 0. The Kier molecular flexibility index (Phi) is 4.88. The number of aliphatic hydroxyl groups is 1. The topological polar surface area (TPSA) is 20.2 Å². The molecular formula is C10H13OS. The van der Waals surface area contributed by atoms with Gasteiger partial charge in [0.1, 0.15) is 0 Å². The van der Waals surface area contributed by atoms with Crippen molar-refractivity contribution in [3.8, 4) is 0 Å². The summed E-state index contributed by atoms with van der Waals surface area (Å²) in [5.74, 6) is 1.95. The average Bonchev–Trinajstić information content (AvgIpc) is 2.14. The highest BCUT2D eigenvalue weighted by Gasteiger charge is 1.91. The van der Waals surface area contributed by atoms with E-state index in [-0.39, 0.29) is 6.61 Å². The second kappa shape index (κ2) is 6.09. The number of hydrogen-bond acceptors (Lipinski definition) is 2. The zero-order valence-electron chi connectivity index (χ0n) is 6.94. The zero-order chi connectivity index (χ0) is 8.65. The molecule has 1 rings (SSSR count). The largest absolute Gasteiger partial charge is 0.396 e. The van der Waals surface area contributed by atoms with Crippen molar-refractivity contribution in [3.63, 3.8) is 0 Å². The molecule has 0 unspecified atom stereocenters. The highest BCUT2D eigenvalue weighted by molar-refractivity contribution is 7.98. The van der Waals surface area contributed by atoms with Crippen LogP contribution in [0.25, 0.3) is 0 Å². The predicted octanol–water partition coefficient (Wildman–Crippen LogP) is 2.12. The van der Waals surface area contributed by atoms with E-state index in [1.165, 1.54) is 5.56 Å². The van der Waals surface area contributed by atoms with E-state index in [1.807, 2.05) is 36.4 Å². The quantitative estimate of drug-likeness (QED) is 0.702. The van der Waals surface area contributed by atoms with Gasteiger partial charge in [0.15, 0.2) is 0 Å². The molecule has 0 aliphatic heterocycles. The lowest BCUT2D eigenvalue weighted by Crippen LogP contribution is -1.88. The molecule has 1 nitrogen and oxygen atoms in total. The smallest absolute Gasteiger partial charge is 0.0470 e. The normalized spacial score (nSPS) is 10.1. The minimum absolute atomic E-state index is 0.182. The van der Waals surface area contributed by atoms with E-state index >= 15 is 0 Å².